The summed E-state index contributed by atoms with van der Waals surface area (Å²) in [5.41, 5.74) is 4.65. The van der Waals surface area contributed by atoms with Gasteiger partial charge < -0.3 is 4.74 Å². The van der Waals surface area contributed by atoms with E-state index in [1.165, 1.54) is 55.2 Å². The van der Waals surface area contributed by atoms with Gasteiger partial charge in [-0.2, -0.15) is 0 Å². The summed E-state index contributed by atoms with van der Waals surface area (Å²) in [6.45, 7) is 14.5. The Morgan fingerprint density at radius 1 is 0.905 bits per heavy atom. The van der Waals surface area contributed by atoms with Crippen molar-refractivity contribution in [3.8, 4) is 0 Å². The number of fused-ring (bicyclic) bond motifs is 5. The van der Waals surface area contributed by atoms with Gasteiger partial charge in [-0.3, -0.25) is 4.79 Å². The normalized spacial score (nSPS) is 39.8. The van der Waals surface area contributed by atoms with Crippen LogP contribution >= 0.6 is 0 Å². The van der Waals surface area contributed by atoms with Crippen molar-refractivity contribution in [3.05, 3.63) is 77.9 Å². The minimum atomic E-state index is -0.0751. The summed E-state index contributed by atoms with van der Waals surface area (Å²) in [5.74, 6) is 5.25. The molecule has 2 heteroatoms. The van der Waals surface area contributed by atoms with Crippen LogP contribution < -0.4 is 0 Å². The van der Waals surface area contributed by atoms with Crippen molar-refractivity contribution in [1.29, 1.82) is 0 Å². The van der Waals surface area contributed by atoms with Gasteiger partial charge in [0.2, 0.25) is 0 Å². The van der Waals surface area contributed by atoms with Gasteiger partial charge in [-0.05, 0) is 114 Å². The van der Waals surface area contributed by atoms with E-state index in [1.807, 2.05) is 0 Å². The summed E-state index contributed by atoms with van der Waals surface area (Å²) in [6.07, 6.45) is 12.7. The third-order valence-corrected chi connectivity index (χ3v) is 13.4. The minimum absolute atomic E-state index is 0.0751. The molecule has 226 valence electrons. The smallest absolute Gasteiger partial charge is 0.302 e. The van der Waals surface area contributed by atoms with Crippen LogP contribution in [0, 0.1) is 58.2 Å². The maximum absolute atomic E-state index is 12.5. The number of ether oxygens (including phenoxy) is 1. The third kappa shape index (κ3) is 5.09. The molecule has 0 saturated heterocycles. The van der Waals surface area contributed by atoms with Gasteiger partial charge in [0.1, 0.15) is 6.10 Å². The van der Waals surface area contributed by atoms with E-state index >= 15 is 0 Å². The van der Waals surface area contributed by atoms with Crippen LogP contribution in [-0.4, -0.2) is 12.1 Å². The molecule has 0 aromatic heterocycles. The highest BCUT2D eigenvalue weighted by Gasteiger charge is 2.65. The van der Waals surface area contributed by atoms with Crippen molar-refractivity contribution < 1.29 is 9.53 Å². The Bertz CT molecular complexity index is 1220. The molecule has 0 aliphatic heterocycles. The van der Waals surface area contributed by atoms with Crippen molar-refractivity contribution in [2.45, 2.75) is 99.0 Å². The lowest BCUT2D eigenvalue weighted by molar-refractivity contribution is -0.201. The van der Waals surface area contributed by atoms with Crippen LogP contribution in [-0.2, 0) is 9.53 Å². The van der Waals surface area contributed by atoms with Crippen molar-refractivity contribution in [2.24, 2.45) is 58.2 Å². The summed E-state index contributed by atoms with van der Waals surface area (Å²) >= 11 is 0. The topological polar surface area (TPSA) is 26.3 Å². The molecule has 4 saturated carbocycles. The average molecular weight is 567 g/mol. The lowest BCUT2D eigenvalue weighted by atomic mass is 9.41. The Balaban J connectivity index is 1.29. The second-order valence-electron chi connectivity index (χ2n) is 15.5. The van der Waals surface area contributed by atoms with Gasteiger partial charge in [0.05, 0.1) is 0 Å². The first-order valence-corrected chi connectivity index (χ1v) is 17.1. The lowest BCUT2D eigenvalue weighted by Gasteiger charge is -2.64. The molecule has 0 unspecified atom stereocenters. The third-order valence-electron chi connectivity index (χ3n) is 13.4. The molecule has 4 aliphatic carbocycles. The van der Waals surface area contributed by atoms with Gasteiger partial charge in [-0.1, -0.05) is 108 Å². The highest BCUT2D eigenvalue weighted by Crippen LogP contribution is 2.70. The maximum Gasteiger partial charge on any atom is 0.302 e. The van der Waals surface area contributed by atoms with Crippen molar-refractivity contribution in [3.63, 3.8) is 0 Å². The Morgan fingerprint density at radius 2 is 1.55 bits per heavy atom. The molecule has 4 aliphatic rings. The molecule has 0 N–H and O–H groups in total. The van der Waals surface area contributed by atoms with E-state index in [9.17, 15) is 4.79 Å². The number of hydrogen-bond acceptors (Lipinski definition) is 2. The first kappa shape index (κ1) is 29.7. The summed E-state index contributed by atoms with van der Waals surface area (Å²) in [7, 11) is 0. The quantitative estimate of drug-likeness (QED) is 0.325. The number of carbonyl (C=O) groups excluding carboxylic acids is 1. The van der Waals surface area contributed by atoms with Crippen LogP contribution in [0.3, 0.4) is 0 Å². The summed E-state index contributed by atoms with van der Waals surface area (Å²) in [5, 5.41) is 0. The fourth-order valence-corrected chi connectivity index (χ4v) is 11.2. The molecule has 0 heterocycles. The van der Waals surface area contributed by atoms with Gasteiger partial charge in [0, 0.05) is 12.8 Å². The molecule has 6 rings (SSSR count). The molecule has 2 nitrogen and oxygen atoms in total. The molecule has 4 fully saturated rings. The monoisotopic (exact) mass is 566 g/mol. The number of benzene rings is 2. The van der Waals surface area contributed by atoms with Crippen LogP contribution in [0.25, 0.3) is 5.57 Å². The molecule has 11 atom stereocenters. The SMILES string of the molecule is CC(=O)O[C@@H]1C[C@@H]2C[C@H](C)CC[C@]2(C)[C@H]2C[C@H](C)[C@]3(C)[C@@H]([C@H](C)CC=C(c4ccccc4)c4ccccc4)CC[C@H]3[C@H]12. The Hall–Kier alpha value is -2.35. The zero-order valence-corrected chi connectivity index (χ0v) is 27.0. The first-order chi connectivity index (χ1) is 20.1. The standard InChI is InChI=1S/C40H54O2/c1-26-21-22-39(5)32(23-26)25-37(42-29(4)41)38-35-20-19-34(40(35,6)28(3)24-36(38)39)27(2)17-18-33(30-13-9-7-10-14-30)31-15-11-8-12-16-31/h7-16,18,26-28,32,34-38H,17,19-25H2,1-6H3/t26-,27-,28+,32+,34-,35+,36+,37-,38+,39+,40-/m1/s1. The summed E-state index contributed by atoms with van der Waals surface area (Å²) < 4.78 is 6.30. The highest BCUT2D eigenvalue weighted by molar-refractivity contribution is 5.79. The largest absolute Gasteiger partial charge is 0.462 e. The van der Waals surface area contributed by atoms with E-state index in [0.29, 0.717) is 46.8 Å². The fraction of sp³-hybridized carbons (Fsp3) is 0.625. The molecule has 2 aromatic carbocycles. The molecular weight excluding hydrogens is 512 g/mol. The Labute approximate surface area is 255 Å². The summed E-state index contributed by atoms with van der Waals surface area (Å²) in [4.78, 5) is 12.5. The van der Waals surface area contributed by atoms with Crippen LogP contribution in [0.4, 0.5) is 0 Å². The van der Waals surface area contributed by atoms with Crippen LogP contribution in [0.2, 0.25) is 0 Å². The predicted molar refractivity (Wildman–Crippen MR) is 174 cm³/mol. The van der Waals surface area contributed by atoms with E-state index < -0.39 is 0 Å². The summed E-state index contributed by atoms with van der Waals surface area (Å²) in [6, 6.07) is 21.8. The molecular formula is C40H54O2. The van der Waals surface area contributed by atoms with Crippen molar-refractivity contribution in [1.82, 2.24) is 0 Å². The number of rotatable bonds is 6. The van der Waals surface area contributed by atoms with Gasteiger partial charge >= 0.3 is 5.97 Å². The van der Waals surface area contributed by atoms with Gasteiger partial charge in [0.25, 0.3) is 0 Å². The Morgan fingerprint density at radius 3 is 2.17 bits per heavy atom. The fourth-order valence-electron chi connectivity index (χ4n) is 11.2. The van der Waals surface area contributed by atoms with Crippen LogP contribution in [0.5, 0.6) is 0 Å². The zero-order chi connectivity index (χ0) is 29.6. The van der Waals surface area contributed by atoms with Gasteiger partial charge in [0.15, 0.2) is 0 Å². The van der Waals surface area contributed by atoms with E-state index in [2.05, 4.69) is 101 Å². The molecule has 0 spiro atoms. The maximum atomic E-state index is 12.5. The van der Waals surface area contributed by atoms with Crippen molar-refractivity contribution >= 4 is 11.5 Å². The second-order valence-corrected chi connectivity index (χ2v) is 15.5. The Kier molecular flexibility index (Phi) is 8.22. The molecule has 0 bridgehead atoms. The van der Waals surface area contributed by atoms with E-state index in [1.54, 1.807) is 6.92 Å². The van der Waals surface area contributed by atoms with Crippen LogP contribution in [0.15, 0.2) is 66.7 Å². The minimum Gasteiger partial charge on any atom is -0.462 e. The number of carbonyl (C=O) groups is 1. The van der Waals surface area contributed by atoms with E-state index in [-0.39, 0.29) is 17.5 Å². The number of hydrogen-bond donors (Lipinski definition) is 0. The number of allylic oxidation sites excluding steroid dienone is 1. The first-order valence-electron chi connectivity index (χ1n) is 17.1. The molecule has 0 amide bonds. The van der Waals surface area contributed by atoms with E-state index in [4.69, 9.17) is 4.74 Å². The van der Waals surface area contributed by atoms with E-state index in [0.717, 1.165) is 18.8 Å². The van der Waals surface area contributed by atoms with Gasteiger partial charge in [-0.15, -0.1) is 0 Å². The molecule has 2 aromatic rings. The number of esters is 1. The zero-order valence-electron chi connectivity index (χ0n) is 27.0. The molecule has 0 radical (unpaired) electrons. The highest BCUT2D eigenvalue weighted by atomic mass is 16.5. The lowest BCUT2D eigenvalue weighted by Crippen LogP contribution is -2.60. The second kappa shape index (κ2) is 11.6. The average Bonchev–Trinajstić information content (AvgIpc) is 3.34. The predicted octanol–water partition coefficient (Wildman–Crippen LogP) is 10.2. The molecule has 42 heavy (non-hydrogen) atoms. The van der Waals surface area contributed by atoms with Crippen molar-refractivity contribution in [2.75, 3.05) is 0 Å². The van der Waals surface area contributed by atoms with Gasteiger partial charge in [-0.25, -0.2) is 0 Å². The van der Waals surface area contributed by atoms with Crippen LogP contribution in [0.1, 0.15) is 104 Å².